The summed E-state index contributed by atoms with van der Waals surface area (Å²) in [6.45, 7) is 35.5. The van der Waals surface area contributed by atoms with Crippen LogP contribution in [0.3, 0.4) is 0 Å². The van der Waals surface area contributed by atoms with Crippen LogP contribution < -0.4 is 0 Å². The monoisotopic (exact) mass is 1550 g/mol. The van der Waals surface area contributed by atoms with Gasteiger partial charge in [0.05, 0.1) is 5.92 Å². The molecule has 9 aliphatic rings. The Morgan fingerprint density at radius 3 is 0.991 bits per heavy atom. The molecule has 9 rings (SSSR count). The first kappa shape index (κ1) is 88.8. The number of aliphatic hydroxyl groups is 6. The zero-order chi connectivity index (χ0) is 83.4. The van der Waals surface area contributed by atoms with Gasteiger partial charge in [0.25, 0.3) is 0 Å². The van der Waals surface area contributed by atoms with Crippen LogP contribution in [0.1, 0.15) is 217 Å². The molecule has 0 unspecified atom stereocenters. The van der Waals surface area contributed by atoms with Crippen LogP contribution >= 0.6 is 0 Å². The third-order valence-corrected chi connectivity index (χ3v) is 23.8. The number of ether oxygens (including phenoxy) is 12. The number of esters is 12. The minimum Gasteiger partial charge on any atom is -0.459 e. The van der Waals surface area contributed by atoms with E-state index in [1.54, 1.807) is 136 Å². The number of rotatable bonds is 17. The Morgan fingerprint density at radius 1 is 0.455 bits per heavy atom. The fraction of sp³-hybridized carbons (Fsp3) is 0.675. The number of carbonyl (C=O) groups is 12. The lowest BCUT2D eigenvalue weighted by molar-refractivity contribution is -0.212. The first-order chi connectivity index (χ1) is 50.7. The van der Waals surface area contributed by atoms with E-state index in [0.29, 0.717) is 68.6 Å². The summed E-state index contributed by atoms with van der Waals surface area (Å²) in [4.78, 5) is 151. The number of allylic oxidation sites excluding steroid dienone is 4. The standard InChI is InChI=1S/C27H36O10.C27H38O10.C26H36O10/c1-9-14(4)23(30)34-18-11-17-21(15(18)5)22-27(33,26(8,32)24(31)36-22)19(35-20(29)10-13(2)3)12-25(17,7)37-16(6)28;1-9-13(3)22(29)34-18-11-17-20(15(18)5)21-27(33,26(8,32)24(31)36-21)19(35-23(30)14(4)10-2)12-25(17,7)37-16(6)28;1-8-10-19(28)34-18-12-24(6,36-15(5)27)16-11-17(33-22(29)13(3)9-2)14(4)20(16)21-26(18,32)25(7,31)23(30)35-21/h9-10,17-19,22,32-33H,11-12H2,1-8H3;9,14,17-19,21,32-33H,10-12H2,1-8H3;9,16-18,21,31-32H,8,10-12H2,1-7H3/b14-9-;2*13-9-/t17-,18+,19-,22-,25-,26+,27+;14-,17-,18+,19-,21-,25-,26+,27+;16-,17+,18-,21-,24-,25+,26+/m000/s1. The van der Waals surface area contributed by atoms with E-state index in [2.05, 4.69) is 0 Å². The molecule has 0 aromatic carbocycles. The van der Waals surface area contributed by atoms with Crippen LogP contribution in [0, 0.1) is 23.7 Å². The van der Waals surface area contributed by atoms with Gasteiger partial charge in [-0.1, -0.05) is 44.6 Å². The van der Waals surface area contributed by atoms with Gasteiger partial charge < -0.3 is 87.5 Å². The van der Waals surface area contributed by atoms with Gasteiger partial charge in [0.2, 0.25) is 0 Å². The largest absolute Gasteiger partial charge is 0.459 e. The van der Waals surface area contributed by atoms with Crippen molar-refractivity contribution in [1.29, 1.82) is 0 Å². The number of hydrogen-bond donors (Lipinski definition) is 6. The first-order valence-corrected chi connectivity index (χ1v) is 37.1. The lowest BCUT2D eigenvalue weighted by atomic mass is 9.75. The van der Waals surface area contributed by atoms with E-state index in [-0.39, 0.29) is 44.9 Å². The lowest BCUT2D eigenvalue weighted by Crippen LogP contribution is -2.64. The van der Waals surface area contributed by atoms with Gasteiger partial charge in [-0.2, -0.15) is 0 Å². The highest BCUT2D eigenvalue weighted by Gasteiger charge is 2.78. The molecule has 3 heterocycles. The molecule has 0 radical (unpaired) electrons. The Labute approximate surface area is 640 Å². The Bertz CT molecular complexity index is 3980. The highest BCUT2D eigenvalue weighted by Crippen LogP contribution is 2.61. The normalized spacial score (nSPS) is 37.8. The predicted octanol–water partition coefficient (Wildman–Crippen LogP) is 6.55. The van der Waals surface area contributed by atoms with Gasteiger partial charge in [-0.25, -0.2) is 33.6 Å². The minimum atomic E-state index is -2.47. The highest BCUT2D eigenvalue weighted by atomic mass is 16.6. The lowest BCUT2D eigenvalue weighted by Gasteiger charge is -2.41. The van der Waals surface area contributed by atoms with E-state index in [4.69, 9.17) is 56.8 Å². The molecule has 22 atom stereocenters. The molecule has 0 aromatic heterocycles. The van der Waals surface area contributed by atoms with E-state index < -0.39 is 201 Å². The predicted molar refractivity (Wildman–Crippen MR) is 385 cm³/mol. The van der Waals surface area contributed by atoms with Crippen molar-refractivity contribution in [3.05, 3.63) is 80.0 Å². The fourth-order valence-electron chi connectivity index (χ4n) is 16.8. The van der Waals surface area contributed by atoms with Crippen molar-refractivity contribution in [3.63, 3.8) is 0 Å². The van der Waals surface area contributed by atoms with Crippen molar-refractivity contribution in [3.8, 4) is 0 Å². The Balaban J connectivity index is 0.000000229. The van der Waals surface area contributed by atoms with Gasteiger partial charge in [0, 0.05) is 87.0 Å². The molecule has 3 saturated heterocycles. The average molecular weight is 1550 g/mol. The maximum absolute atomic E-state index is 12.9. The summed E-state index contributed by atoms with van der Waals surface area (Å²) < 4.78 is 68.2. The Morgan fingerprint density at radius 2 is 0.736 bits per heavy atom. The molecule has 30 heteroatoms. The second-order valence-electron chi connectivity index (χ2n) is 31.9. The smallest absolute Gasteiger partial charge is 0.341 e. The zero-order valence-corrected chi connectivity index (χ0v) is 67.2. The summed E-state index contributed by atoms with van der Waals surface area (Å²) in [6.07, 6.45) is -4.14. The Kier molecular flexibility index (Phi) is 26.1. The summed E-state index contributed by atoms with van der Waals surface area (Å²) in [6, 6.07) is 0. The van der Waals surface area contributed by atoms with E-state index in [1.807, 2.05) is 0 Å². The van der Waals surface area contributed by atoms with Crippen LogP contribution in [-0.2, 0) is 114 Å². The van der Waals surface area contributed by atoms with Crippen LogP contribution in [0.2, 0.25) is 0 Å². The summed E-state index contributed by atoms with van der Waals surface area (Å²) in [5, 5.41) is 69.9. The molecule has 6 aliphatic carbocycles. The van der Waals surface area contributed by atoms with Crippen molar-refractivity contribution in [2.24, 2.45) is 23.7 Å². The summed E-state index contributed by atoms with van der Waals surface area (Å²) >= 11 is 0. The number of carbonyl (C=O) groups excluding carboxylic acids is 12. The first-order valence-electron chi connectivity index (χ1n) is 37.1. The SMILES string of the molecule is C/C=C(/C)C(=O)O[C@@H]1C[C@H]2C(=C1C)[C@@H]1OC(=O)[C@@](C)(O)[C@@]1(O)[C@@H](OC(=O)C=C(C)C)C[C@]2(C)OC(C)=O.C/C=C(/C)C(=O)O[C@@H]1C[C@H]2C(=C1C)[C@@H]1OC(=O)[C@@](C)(O)[C@@]1(O)[C@@H](OC(=O)CCC)C[C@]2(C)OC(C)=O.C/C=C(/C)C(=O)O[C@@H]1C[C@H]2C(=C1C)[C@@H]1OC(=O)[C@@](C)(O)[C@@]1(O)[C@@H](OC(=O)[C@@H](C)CC)C[C@]2(C)OC(C)=O. The van der Waals surface area contributed by atoms with E-state index >= 15 is 0 Å². The van der Waals surface area contributed by atoms with Crippen LogP contribution in [-0.4, -0.2) is 208 Å². The molecule has 30 nitrogen and oxygen atoms in total. The fourth-order valence-corrected chi connectivity index (χ4v) is 16.8. The van der Waals surface area contributed by atoms with Gasteiger partial charge in [-0.3, -0.25) is 24.0 Å². The Hall–Kier alpha value is -8.42. The van der Waals surface area contributed by atoms with E-state index in [9.17, 15) is 88.2 Å². The summed E-state index contributed by atoms with van der Waals surface area (Å²) in [5.74, 6) is -11.3. The molecule has 6 N–H and O–H groups in total. The number of fused-ring (bicyclic) bond motifs is 9. The molecule has 0 bridgehead atoms. The molecular weight excluding hydrogens is 1440 g/mol. The van der Waals surface area contributed by atoms with Crippen LogP contribution in [0.5, 0.6) is 0 Å². The third kappa shape index (κ3) is 15.8. The zero-order valence-electron chi connectivity index (χ0n) is 67.2. The van der Waals surface area contributed by atoms with Crippen molar-refractivity contribution in [2.45, 2.75) is 322 Å². The molecule has 3 saturated carbocycles. The van der Waals surface area contributed by atoms with Gasteiger partial charge in [-0.15, -0.1) is 0 Å². The van der Waals surface area contributed by atoms with Crippen molar-refractivity contribution < 1.29 is 145 Å². The number of hydrogen-bond acceptors (Lipinski definition) is 30. The van der Waals surface area contributed by atoms with Crippen LogP contribution in [0.15, 0.2) is 80.0 Å². The summed E-state index contributed by atoms with van der Waals surface area (Å²) in [5.41, 5.74) is -14.2. The maximum Gasteiger partial charge on any atom is 0.341 e. The molecule has 6 fully saturated rings. The van der Waals surface area contributed by atoms with E-state index in [1.165, 1.54) is 26.8 Å². The molecule has 0 amide bonds. The second kappa shape index (κ2) is 32.4. The maximum atomic E-state index is 12.9. The third-order valence-electron chi connectivity index (χ3n) is 23.8. The molecular formula is C80H110O30. The molecule has 3 aliphatic heterocycles. The molecule has 610 valence electrons. The average Bonchev–Trinajstić information content (AvgIpc) is 1.55. The summed E-state index contributed by atoms with van der Waals surface area (Å²) in [7, 11) is 0. The van der Waals surface area contributed by atoms with Gasteiger partial charge in [0.1, 0.15) is 53.4 Å². The highest BCUT2D eigenvalue weighted by molar-refractivity contribution is 5.91. The van der Waals surface area contributed by atoms with Gasteiger partial charge >= 0.3 is 71.6 Å². The van der Waals surface area contributed by atoms with Gasteiger partial charge in [0.15, 0.2) is 51.9 Å². The van der Waals surface area contributed by atoms with E-state index in [0.717, 1.165) is 20.8 Å². The van der Waals surface area contributed by atoms with Crippen molar-refractivity contribution in [2.75, 3.05) is 0 Å². The molecule has 0 spiro atoms. The van der Waals surface area contributed by atoms with Crippen LogP contribution in [0.4, 0.5) is 0 Å². The minimum absolute atomic E-state index is 0.0476. The topological polar surface area (TPSA) is 437 Å². The molecule has 0 aromatic rings. The van der Waals surface area contributed by atoms with Gasteiger partial charge in [-0.05, 0) is 183 Å². The van der Waals surface area contributed by atoms with Crippen molar-refractivity contribution >= 4 is 71.6 Å². The van der Waals surface area contributed by atoms with Crippen LogP contribution in [0.25, 0.3) is 0 Å². The second-order valence-corrected chi connectivity index (χ2v) is 31.9. The quantitative estimate of drug-likeness (QED) is 0.0389. The molecule has 110 heavy (non-hydrogen) atoms. The van der Waals surface area contributed by atoms with Crippen molar-refractivity contribution in [1.82, 2.24) is 0 Å².